The summed E-state index contributed by atoms with van der Waals surface area (Å²) in [7, 11) is 0. The number of anilines is 1. The molecule has 0 bridgehead atoms. The van der Waals surface area contributed by atoms with Crippen LogP contribution >= 0.6 is 0 Å². The molecule has 0 saturated heterocycles. The third kappa shape index (κ3) is 3.39. The molecule has 0 unspecified atom stereocenters. The van der Waals surface area contributed by atoms with Crippen molar-refractivity contribution in [3.8, 4) is 0 Å². The number of rotatable bonds is 4. The normalized spacial score (nSPS) is 25.0. The van der Waals surface area contributed by atoms with Gasteiger partial charge >= 0.3 is 0 Å². The number of hydrogen-bond acceptors (Lipinski definition) is 3. The molecular weight excluding hydrogens is 264 g/mol. The van der Waals surface area contributed by atoms with Crippen LogP contribution in [-0.2, 0) is 6.54 Å². The Morgan fingerprint density at radius 1 is 1.43 bits per heavy atom. The van der Waals surface area contributed by atoms with Crippen molar-refractivity contribution in [3.05, 3.63) is 11.9 Å². The molecule has 1 fully saturated rings. The molecule has 116 valence electrons. The summed E-state index contributed by atoms with van der Waals surface area (Å²) in [6.07, 6.45) is 10.3. The molecule has 2 N–H and O–H groups in total. The summed E-state index contributed by atoms with van der Waals surface area (Å²) >= 11 is 0. The summed E-state index contributed by atoms with van der Waals surface area (Å²) in [5.74, 6) is 1.68. The number of carbonyl (C=O) groups is 1. The number of carbonyl (C=O) groups excluding carboxylic acids is 1. The van der Waals surface area contributed by atoms with Crippen molar-refractivity contribution in [2.24, 2.45) is 5.92 Å². The van der Waals surface area contributed by atoms with E-state index in [2.05, 4.69) is 22.5 Å². The summed E-state index contributed by atoms with van der Waals surface area (Å²) in [5, 5.41) is 6.40. The van der Waals surface area contributed by atoms with Crippen molar-refractivity contribution in [1.29, 1.82) is 0 Å². The molecule has 1 aromatic rings. The van der Waals surface area contributed by atoms with Gasteiger partial charge in [-0.3, -0.25) is 4.79 Å². The monoisotopic (exact) mass is 290 g/mol. The van der Waals surface area contributed by atoms with Gasteiger partial charge in [0.15, 0.2) is 0 Å². The molecule has 5 heteroatoms. The molecule has 3 rings (SSSR count). The van der Waals surface area contributed by atoms with Gasteiger partial charge in [0.1, 0.15) is 5.69 Å². The van der Waals surface area contributed by atoms with Crippen LogP contribution in [0.5, 0.6) is 0 Å². The van der Waals surface area contributed by atoms with Crippen LogP contribution in [0.3, 0.4) is 0 Å². The lowest BCUT2D eigenvalue weighted by Gasteiger charge is -2.28. The smallest absolute Gasteiger partial charge is 0.271 e. The fraction of sp³-hybridized carbons (Fsp3) is 0.750. The van der Waals surface area contributed by atoms with Gasteiger partial charge in [-0.25, -0.2) is 4.98 Å². The van der Waals surface area contributed by atoms with E-state index in [1.165, 1.54) is 25.7 Å². The SMILES string of the molecule is CCCC1CCC(NC(=O)c2cn3c(n2)NCCC3)CC1. The summed E-state index contributed by atoms with van der Waals surface area (Å²) in [6, 6.07) is 0.331. The van der Waals surface area contributed by atoms with Gasteiger partial charge in [-0.15, -0.1) is 0 Å². The van der Waals surface area contributed by atoms with Crippen molar-refractivity contribution < 1.29 is 4.79 Å². The van der Waals surface area contributed by atoms with Gasteiger partial charge in [0.25, 0.3) is 5.91 Å². The lowest BCUT2D eigenvalue weighted by atomic mass is 9.83. The number of hydrogen-bond donors (Lipinski definition) is 2. The quantitative estimate of drug-likeness (QED) is 0.896. The lowest BCUT2D eigenvalue weighted by molar-refractivity contribution is 0.0916. The molecule has 21 heavy (non-hydrogen) atoms. The first kappa shape index (κ1) is 14.4. The van der Waals surface area contributed by atoms with Crippen molar-refractivity contribution >= 4 is 11.9 Å². The second-order valence-electron chi connectivity index (χ2n) is 6.40. The summed E-state index contributed by atoms with van der Waals surface area (Å²) in [6.45, 7) is 4.15. The van der Waals surface area contributed by atoms with Gasteiger partial charge in [0.2, 0.25) is 5.95 Å². The molecule has 1 amide bonds. The maximum Gasteiger partial charge on any atom is 0.271 e. The maximum absolute atomic E-state index is 12.3. The van der Waals surface area contributed by atoms with Crippen molar-refractivity contribution in [2.75, 3.05) is 11.9 Å². The Morgan fingerprint density at radius 3 is 2.95 bits per heavy atom. The Labute approximate surface area is 126 Å². The average Bonchev–Trinajstić information content (AvgIpc) is 2.94. The van der Waals surface area contributed by atoms with Crippen LogP contribution in [0.25, 0.3) is 0 Å². The molecule has 2 aliphatic rings. The predicted molar refractivity (Wildman–Crippen MR) is 83.5 cm³/mol. The first-order valence-corrected chi connectivity index (χ1v) is 8.38. The van der Waals surface area contributed by atoms with E-state index >= 15 is 0 Å². The number of amides is 1. The fourth-order valence-corrected chi connectivity index (χ4v) is 3.55. The van der Waals surface area contributed by atoms with Gasteiger partial charge < -0.3 is 15.2 Å². The molecule has 1 aliphatic heterocycles. The third-order valence-electron chi connectivity index (χ3n) is 4.75. The molecule has 1 aromatic heterocycles. The Kier molecular flexibility index (Phi) is 4.46. The van der Waals surface area contributed by atoms with Crippen molar-refractivity contribution in [1.82, 2.24) is 14.9 Å². The molecule has 2 heterocycles. The van der Waals surface area contributed by atoms with Crippen molar-refractivity contribution in [2.45, 2.75) is 64.5 Å². The topological polar surface area (TPSA) is 59.0 Å². The largest absolute Gasteiger partial charge is 0.356 e. The minimum atomic E-state index is -0.0161. The number of imidazole rings is 1. The Bertz CT molecular complexity index is 465. The highest BCUT2D eigenvalue weighted by molar-refractivity contribution is 5.92. The summed E-state index contributed by atoms with van der Waals surface area (Å²) in [4.78, 5) is 16.7. The number of aromatic nitrogens is 2. The predicted octanol–water partition coefficient (Wildman–Crippen LogP) is 2.79. The zero-order valence-corrected chi connectivity index (χ0v) is 12.9. The number of fused-ring (bicyclic) bond motifs is 1. The van der Waals surface area contributed by atoms with E-state index in [-0.39, 0.29) is 5.91 Å². The summed E-state index contributed by atoms with van der Waals surface area (Å²) in [5.41, 5.74) is 0.551. The van der Waals surface area contributed by atoms with E-state index in [1.807, 2.05) is 10.8 Å². The molecule has 5 nitrogen and oxygen atoms in total. The van der Waals surface area contributed by atoms with Crippen LogP contribution in [0.4, 0.5) is 5.95 Å². The molecule has 0 aromatic carbocycles. The van der Waals surface area contributed by atoms with E-state index in [0.29, 0.717) is 11.7 Å². The number of aryl methyl sites for hydroxylation is 1. The molecule has 1 aliphatic carbocycles. The van der Waals surface area contributed by atoms with Crippen LogP contribution in [0, 0.1) is 5.92 Å². The molecule has 0 spiro atoms. The van der Waals surface area contributed by atoms with Gasteiger partial charge in [-0.2, -0.15) is 0 Å². The molecular formula is C16H26N4O. The first-order valence-electron chi connectivity index (χ1n) is 8.38. The van der Waals surface area contributed by atoms with Gasteiger partial charge in [0, 0.05) is 25.3 Å². The molecule has 1 saturated carbocycles. The standard InChI is InChI=1S/C16H26N4O/c1-2-4-12-5-7-13(8-6-12)18-15(21)14-11-20-10-3-9-17-16(20)19-14/h11-13H,2-10H2,1H3,(H,17,19)(H,18,21). The van der Waals surface area contributed by atoms with E-state index in [0.717, 1.165) is 44.2 Å². The second kappa shape index (κ2) is 6.50. The Morgan fingerprint density at radius 2 is 2.24 bits per heavy atom. The first-order chi connectivity index (χ1) is 10.3. The molecule has 0 radical (unpaired) electrons. The minimum absolute atomic E-state index is 0.0161. The average molecular weight is 290 g/mol. The zero-order valence-electron chi connectivity index (χ0n) is 12.9. The highest BCUT2D eigenvalue weighted by Gasteiger charge is 2.24. The van der Waals surface area contributed by atoms with Crippen molar-refractivity contribution in [3.63, 3.8) is 0 Å². The zero-order chi connectivity index (χ0) is 14.7. The van der Waals surface area contributed by atoms with E-state index < -0.39 is 0 Å². The fourth-order valence-electron chi connectivity index (χ4n) is 3.55. The Balaban J connectivity index is 1.53. The van der Waals surface area contributed by atoms with Gasteiger partial charge in [0.05, 0.1) is 0 Å². The van der Waals surface area contributed by atoms with E-state index in [4.69, 9.17) is 0 Å². The van der Waals surface area contributed by atoms with Crippen LogP contribution in [0.1, 0.15) is 62.4 Å². The van der Waals surface area contributed by atoms with Gasteiger partial charge in [-0.05, 0) is 38.0 Å². The second-order valence-corrected chi connectivity index (χ2v) is 6.40. The third-order valence-corrected chi connectivity index (χ3v) is 4.75. The van der Waals surface area contributed by atoms with Crippen LogP contribution < -0.4 is 10.6 Å². The van der Waals surface area contributed by atoms with Gasteiger partial charge in [-0.1, -0.05) is 19.8 Å². The van der Waals surface area contributed by atoms with Crippen LogP contribution in [0.2, 0.25) is 0 Å². The Hall–Kier alpha value is -1.52. The minimum Gasteiger partial charge on any atom is -0.356 e. The van der Waals surface area contributed by atoms with Crippen LogP contribution in [-0.4, -0.2) is 28.0 Å². The highest BCUT2D eigenvalue weighted by atomic mass is 16.2. The highest BCUT2D eigenvalue weighted by Crippen LogP contribution is 2.27. The number of nitrogens with zero attached hydrogens (tertiary/aromatic N) is 2. The lowest BCUT2D eigenvalue weighted by Crippen LogP contribution is -2.37. The van der Waals surface area contributed by atoms with Crippen LogP contribution in [0.15, 0.2) is 6.20 Å². The van der Waals surface area contributed by atoms with E-state index in [9.17, 15) is 4.79 Å². The molecule has 0 atom stereocenters. The van der Waals surface area contributed by atoms with E-state index in [1.54, 1.807) is 0 Å². The number of nitrogens with one attached hydrogen (secondary N) is 2. The maximum atomic E-state index is 12.3. The summed E-state index contributed by atoms with van der Waals surface area (Å²) < 4.78 is 2.04.